The van der Waals surface area contributed by atoms with Gasteiger partial charge in [-0.15, -0.1) is 0 Å². The molecule has 0 saturated carbocycles. The largest absolute Gasteiger partial charge is 0.0844 e. The van der Waals surface area contributed by atoms with Gasteiger partial charge in [0.2, 0.25) is 0 Å². The van der Waals surface area contributed by atoms with Crippen LogP contribution in [0.2, 0.25) is 0 Å². The highest BCUT2D eigenvalue weighted by Gasteiger charge is 2.38. The third-order valence-corrected chi connectivity index (χ3v) is 6.92. The summed E-state index contributed by atoms with van der Waals surface area (Å²) in [5, 5.41) is 0.971. The Labute approximate surface area is 176 Å². The van der Waals surface area contributed by atoms with Gasteiger partial charge < -0.3 is 0 Å². The summed E-state index contributed by atoms with van der Waals surface area (Å²) in [4.78, 5) is 0. The van der Waals surface area contributed by atoms with Crippen LogP contribution in [0, 0.1) is 0 Å². The average Bonchev–Trinajstić information content (AvgIpc) is 3.12. The van der Waals surface area contributed by atoms with Crippen LogP contribution in [-0.2, 0) is 0 Å². The fourth-order valence-electron chi connectivity index (χ4n) is 5.28. The molecule has 1 heteroatoms. The Morgan fingerprint density at radius 3 is 2.24 bits per heavy atom. The SMILES string of the molecule is ClC1=CCC2C3=C1CCC=C3c1c(-c3ccccc3)cc(-c3ccccc3)cc12. The van der Waals surface area contributed by atoms with E-state index < -0.39 is 0 Å². The summed E-state index contributed by atoms with van der Waals surface area (Å²) in [6.45, 7) is 0. The summed E-state index contributed by atoms with van der Waals surface area (Å²) in [6, 6.07) is 26.4. The van der Waals surface area contributed by atoms with Crippen LogP contribution >= 0.6 is 11.6 Å². The van der Waals surface area contributed by atoms with Crippen molar-refractivity contribution < 1.29 is 0 Å². The fraction of sp³-hybridized carbons (Fsp3) is 0.143. The molecule has 0 N–H and O–H groups in total. The quantitative estimate of drug-likeness (QED) is 0.413. The lowest BCUT2D eigenvalue weighted by Gasteiger charge is -2.25. The van der Waals surface area contributed by atoms with Crippen LogP contribution < -0.4 is 0 Å². The Balaban J connectivity index is 1.66. The maximum Gasteiger partial charge on any atom is 0.0401 e. The van der Waals surface area contributed by atoms with Crippen LogP contribution in [0.25, 0.3) is 27.8 Å². The predicted octanol–water partition coefficient (Wildman–Crippen LogP) is 8.12. The van der Waals surface area contributed by atoms with E-state index in [2.05, 4.69) is 84.9 Å². The highest BCUT2D eigenvalue weighted by Crippen LogP contribution is 2.57. The Morgan fingerprint density at radius 2 is 1.48 bits per heavy atom. The number of hydrogen-bond donors (Lipinski definition) is 0. The molecular weight excluding hydrogens is 372 g/mol. The highest BCUT2D eigenvalue weighted by atomic mass is 35.5. The van der Waals surface area contributed by atoms with E-state index in [1.165, 1.54) is 50.1 Å². The second-order valence-electron chi connectivity index (χ2n) is 8.11. The maximum absolute atomic E-state index is 6.65. The molecule has 0 aromatic heterocycles. The molecule has 0 heterocycles. The van der Waals surface area contributed by atoms with Gasteiger partial charge in [0.15, 0.2) is 0 Å². The molecule has 0 bridgehead atoms. The van der Waals surface area contributed by atoms with Crippen LogP contribution in [-0.4, -0.2) is 0 Å². The van der Waals surface area contributed by atoms with Crippen molar-refractivity contribution in [2.24, 2.45) is 0 Å². The number of fused-ring (bicyclic) bond motifs is 3. The molecule has 1 atom stereocenters. The van der Waals surface area contributed by atoms with Gasteiger partial charge in [-0.25, -0.2) is 0 Å². The first-order chi connectivity index (χ1) is 14.3. The molecule has 6 rings (SSSR count). The van der Waals surface area contributed by atoms with Gasteiger partial charge in [-0.2, -0.15) is 0 Å². The minimum Gasteiger partial charge on any atom is -0.0844 e. The van der Waals surface area contributed by atoms with Crippen molar-refractivity contribution in [3.05, 3.63) is 112 Å². The van der Waals surface area contributed by atoms with Crippen LogP contribution in [0.3, 0.4) is 0 Å². The Kier molecular flexibility index (Phi) is 3.89. The minimum atomic E-state index is 0.431. The van der Waals surface area contributed by atoms with Gasteiger partial charge in [0.25, 0.3) is 0 Å². The molecule has 0 spiro atoms. The zero-order valence-corrected chi connectivity index (χ0v) is 16.9. The van der Waals surface area contributed by atoms with Crippen molar-refractivity contribution in [1.82, 2.24) is 0 Å². The van der Waals surface area contributed by atoms with Crippen LogP contribution in [0.5, 0.6) is 0 Å². The summed E-state index contributed by atoms with van der Waals surface area (Å²) in [5.41, 5.74) is 12.4. The smallest absolute Gasteiger partial charge is 0.0401 e. The predicted molar refractivity (Wildman–Crippen MR) is 123 cm³/mol. The van der Waals surface area contributed by atoms with E-state index >= 15 is 0 Å². The highest BCUT2D eigenvalue weighted by molar-refractivity contribution is 6.32. The van der Waals surface area contributed by atoms with Crippen molar-refractivity contribution in [3.63, 3.8) is 0 Å². The maximum atomic E-state index is 6.65. The molecule has 140 valence electrons. The third kappa shape index (κ3) is 2.59. The normalized spacial score (nSPS) is 19.4. The van der Waals surface area contributed by atoms with E-state index in [4.69, 9.17) is 11.6 Å². The first kappa shape index (κ1) is 17.1. The first-order valence-electron chi connectivity index (χ1n) is 10.4. The molecule has 29 heavy (non-hydrogen) atoms. The topological polar surface area (TPSA) is 0 Å². The zero-order valence-electron chi connectivity index (χ0n) is 16.2. The second kappa shape index (κ2) is 6.61. The van der Waals surface area contributed by atoms with E-state index in [9.17, 15) is 0 Å². The van der Waals surface area contributed by atoms with Crippen molar-refractivity contribution in [3.8, 4) is 22.3 Å². The van der Waals surface area contributed by atoms with Crippen LogP contribution in [0.4, 0.5) is 0 Å². The van der Waals surface area contributed by atoms with Gasteiger partial charge in [0.05, 0.1) is 0 Å². The summed E-state index contributed by atoms with van der Waals surface area (Å²) >= 11 is 6.65. The average molecular weight is 393 g/mol. The summed E-state index contributed by atoms with van der Waals surface area (Å²) < 4.78 is 0. The summed E-state index contributed by atoms with van der Waals surface area (Å²) in [7, 11) is 0. The van der Waals surface area contributed by atoms with Crippen molar-refractivity contribution >= 4 is 17.2 Å². The monoisotopic (exact) mass is 392 g/mol. The fourth-order valence-corrected chi connectivity index (χ4v) is 5.56. The van der Waals surface area contributed by atoms with Gasteiger partial charge in [-0.1, -0.05) is 84.4 Å². The Bertz CT molecular complexity index is 1210. The van der Waals surface area contributed by atoms with Crippen molar-refractivity contribution in [2.45, 2.75) is 25.2 Å². The van der Waals surface area contributed by atoms with Gasteiger partial charge in [-0.3, -0.25) is 0 Å². The Morgan fingerprint density at radius 1 is 0.759 bits per heavy atom. The third-order valence-electron chi connectivity index (χ3n) is 6.53. The number of benzene rings is 3. The molecule has 0 amide bonds. The number of rotatable bonds is 2. The van der Waals surface area contributed by atoms with Crippen LogP contribution in [0.15, 0.2) is 101 Å². The van der Waals surface area contributed by atoms with E-state index in [0.29, 0.717) is 5.92 Å². The van der Waals surface area contributed by atoms with Gasteiger partial charge in [0.1, 0.15) is 0 Å². The lowest BCUT2D eigenvalue weighted by molar-refractivity contribution is 0.802. The molecule has 3 aliphatic rings. The van der Waals surface area contributed by atoms with E-state index in [0.717, 1.165) is 24.3 Å². The molecule has 0 fully saturated rings. The summed E-state index contributed by atoms with van der Waals surface area (Å²) in [5.74, 6) is 0.431. The number of hydrogen-bond acceptors (Lipinski definition) is 0. The van der Waals surface area contributed by atoms with Crippen LogP contribution in [0.1, 0.15) is 36.3 Å². The minimum absolute atomic E-state index is 0.431. The van der Waals surface area contributed by atoms with E-state index in [1.807, 2.05) is 0 Å². The zero-order chi connectivity index (χ0) is 19.4. The van der Waals surface area contributed by atoms with Gasteiger partial charge >= 0.3 is 0 Å². The molecule has 3 aromatic carbocycles. The van der Waals surface area contributed by atoms with E-state index in [1.54, 1.807) is 0 Å². The first-order valence-corrected chi connectivity index (χ1v) is 10.8. The van der Waals surface area contributed by atoms with Crippen molar-refractivity contribution in [1.29, 1.82) is 0 Å². The molecular formula is C28H21Cl. The van der Waals surface area contributed by atoms with E-state index in [-0.39, 0.29) is 0 Å². The molecule has 3 aliphatic carbocycles. The summed E-state index contributed by atoms with van der Waals surface area (Å²) in [6.07, 6.45) is 7.81. The molecule has 3 aromatic rings. The lowest BCUT2D eigenvalue weighted by Crippen LogP contribution is -2.07. The molecule has 1 unspecified atom stereocenters. The number of halogens is 1. The molecule has 0 nitrogen and oxygen atoms in total. The lowest BCUT2D eigenvalue weighted by atomic mass is 9.81. The molecule has 0 saturated heterocycles. The Hall–Kier alpha value is -2.83. The van der Waals surface area contributed by atoms with Crippen molar-refractivity contribution in [2.75, 3.05) is 0 Å². The van der Waals surface area contributed by atoms with Gasteiger partial charge in [0, 0.05) is 11.0 Å². The molecule has 0 radical (unpaired) electrons. The second-order valence-corrected chi connectivity index (χ2v) is 8.52. The molecule has 0 aliphatic heterocycles. The number of allylic oxidation sites excluding steroid dienone is 6. The standard InChI is InChI=1S/C28H21Cl/c29-26-15-14-21-25-17-20(18-8-3-1-4-9-18)16-24(19-10-5-2-6-11-19)28(25)23-13-7-12-22(26)27(21)23/h1-6,8-11,13,15-17,21H,7,12,14H2. The van der Waals surface area contributed by atoms with Gasteiger partial charge in [-0.05, 0) is 81.5 Å².